The van der Waals surface area contributed by atoms with Crippen molar-refractivity contribution in [3.05, 3.63) is 71.8 Å². The predicted octanol–water partition coefficient (Wildman–Crippen LogP) is 3.18. The van der Waals surface area contributed by atoms with Crippen LogP contribution in [0.1, 0.15) is 6.42 Å². The monoisotopic (exact) mass is 443 g/mol. The second-order valence-electron chi connectivity index (χ2n) is 7.21. The van der Waals surface area contributed by atoms with Crippen LogP contribution in [0.15, 0.2) is 60.9 Å². The summed E-state index contributed by atoms with van der Waals surface area (Å²) < 4.78 is 16.0. The Morgan fingerprint density at radius 2 is 2.00 bits per heavy atom. The van der Waals surface area contributed by atoms with Crippen LogP contribution < -0.4 is 16.0 Å². The Bertz CT molecular complexity index is 1110. The number of aromatic nitrogens is 2. The third kappa shape index (κ3) is 4.37. The van der Waals surface area contributed by atoms with Gasteiger partial charge in [0.05, 0.1) is 11.4 Å². The Kier molecular flexibility index (Phi) is 5.62. The zero-order valence-corrected chi connectivity index (χ0v) is 16.9. The fourth-order valence-corrected chi connectivity index (χ4v) is 3.47. The van der Waals surface area contributed by atoms with E-state index < -0.39 is 29.2 Å². The number of hydrogen-bond acceptors (Lipinski definition) is 4. The third-order valence-electron chi connectivity index (χ3n) is 5.14. The second kappa shape index (κ2) is 8.37. The Morgan fingerprint density at radius 1 is 1.23 bits per heavy atom. The van der Waals surface area contributed by atoms with Crippen LogP contribution in [-0.4, -0.2) is 39.0 Å². The molecule has 10 heteroatoms. The average Bonchev–Trinajstić information content (AvgIpc) is 3.18. The summed E-state index contributed by atoms with van der Waals surface area (Å²) in [6.45, 7) is -0.296. The van der Waals surface area contributed by atoms with E-state index in [1.807, 2.05) is 0 Å². The fraction of sp³-hybridized carbons (Fsp3) is 0.190. The summed E-state index contributed by atoms with van der Waals surface area (Å²) in [5, 5.41) is 21.8. The molecule has 0 saturated heterocycles. The molecule has 1 fully saturated rings. The molecule has 0 aliphatic heterocycles. The van der Waals surface area contributed by atoms with Gasteiger partial charge in [-0.2, -0.15) is 5.10 Å². The molecule has 3 amide bonds. The molecule has 1 aliphatic rings. The molecule has 4 N–H and O–H groups in total. The van der Waals surface area contributed by atoms with E-state index in [0.29, 0.717) is 16.4 Å². The molecule has 0 radical (unpaired) electrons. The Morgan fingerprint density at radius 3 is 2.61 bits per heavy atom. The minimum Gasteiger partial charge on any atom is -0.396 e. The number of benzene rings is 2. The number of halogens is 2. The average molecular weight is 444 g/mol. The lowest BCUT2D eigenvalue weighted by Crippen LogP contribution is -2.49. The SMILES string of the molecule is O=C(Nc1ccc(Cl)cc1)NC1(C(=O)Nc2ccc(-n3cccn3)cc2F)CC1CO. The van der Waals surface area contributed by atoms with E-state index in [9.17, 15) is 19.1 Å². The van der Waals surface area contributed by atoms with Gasteiger partial charge in [0.2, 0.25) is 0 Å². The van der Waals surface area contributed by atoms with Gasteiger partial charge in [-0.1, -0.05) is 11.6 Å². The van der Waals surface area contributed by atoms with E-state index in [-0.39, 0.29) is 18.7 Å². The molecule has 0 spiro atoms. The van der Waals surface area contributed by atoms with Crippen molar-refractivity contribution < 1.29 is 19.1 Å². The zero-order chi connectivity index (χ0) is 22.0. The number of rotatable bonds is 6. The van der Waals surface area contributed by atoms with Crippen molar-refractivity contribution in [3.8, 4) is 5.69 Å². The molecule has 8 nitrogen and oxygen atoms in total. The van der Waals surface area contributed by atoms with Crippen molar-refractivity contribution in [3.63, 3.8) is 0 Å². The van der Waals surface area contributed by atoms with Crippen LogP contribution in [0.4, 0.5) is 20.6 Å². The van der Waals surface area contributed by atoms with Gasteiger partial charge in [-0.25, -0.2) is 13.9 Å². The maximum absolute atomic E-state index is 14.6. The Balaban J connectivity index is 1.46. The molecule has 31 heavy (non-hydrogen) atoms. The fourth-order valence-electron chi connectivity index (χ4n) is 3.34. The Labute approximate surface area is 182 Å². The number of urea groups is 1. The van der Waals surface area contributed by atoms with E-state index in [0.717, 1.165) is 0 Å². The lowest BCUT2D eigenvalue weighted by molar-refractivity contribution is -0.119. The predicted molar refractivity (Wildman–Crippen MR) is 114 cm³/mol. The summed E-state index contributed by atoms with van der Waals surface area (Å²) in [4.78, 5) is 25.3. The first-order valence-electron chi connectivity index (χ1n) is 9.48. The minimum atomic E-state index is -1.33. The molecule has 1 aliphatic carbocycles. The number of aliphatic hydroxyl groups excluding tert-OH is 1. The highest BCUT2D eigenvalue weighted by molar-refractivity contribution is 6.30. The highest BCUT2D eigenvalue weighted by Crippen LogP contribution is 2.44. The van der Waals surface area contributed by atoms with Gasteiger partial charge < -0.3 is 21.1 Å². The van der Waals surface area contributed by atoms with E-state index in [1.165, 1.54) is 16.8 Å². The lowest BCUT2D eigenvalue weighted by atomic mass is 10.1. The molecular formula is C21H19ClFN5O3. The van der Waals surface area contributed by atoms with Crippen LogP contribution >= 0.6 is 11.6 Å². The normalized spacial score (nSPS) is 19.5. The van der Waals surface area contributed by atoms with Gasteiger partial charge in [-0.05, 0) is 48.9 Å². The van der Waals surface area contributed by atoms with Crippen molar-refractivity contribution in [2.45, 2.75) is 12.0 Å². The van der Waals surface area contributed by atoms with Crippen LogP contribution in [0.25, 0.3) is 5.69 Å². The van der Waals surface area contributed by atoms with E-state index in [2.05, 4.69) is 21.0 Å². The minimum absolute atomic E-state index is 0.0382. The smallest absolute Gasteiger partial charge is 0.320 e. The van der Waals surface area contributed by atoms with Crippen LogP contribution in [0.2, 0.25) is 5.02 Å². The highest BCUT2D eigenvalue weighted by Gasteiger charge is 2.61. The molecule has 160 valence electrons. The maximum atomic E-state index is 14.6. The second-order valence-corrected chi connectivity index (χ2v) is 7.65. The van der Waals surface area contributed by atoms with Gasteiger partial charge in [0.1, 0.15) is 11.4 Å². The van der Waals surface area contributed by atoms with Gasteiger partial charge in [-0.3, -0.25) is 4.79 Å². The molecule has 3 aromatic rings. The van der Waals surface area contributed by atoms with Gasteiger partial charge in [0, 0.05) is 41.7 Å². The number of hydrogen-bond donors (Lipinski definition) is 4. The van der Waals surface area contributed by atoms with E-state index in [4.69, 9.17) is 11.6 Å². The number of anilines is 2. The van der Waals surface area contributed by atoms with Gasteiger partial charge >= 0.3 is 6.03 Å². The summed E-state index contributed by atoms with van der Waals surface area (Å²) in [7, 11) is 0. The molecule has 1 aromatic heterocycles. The number of carbonyl (C=O) groups is 2. The van der Waals surface area contributed by atoms with Crippen molar-refractivity contribution in [2.75, 3.05) is 17.2 Å². The first-order chi connectivity index (χ1) is 14.9. The molecule has 0 bridgehead atoms. The summed E-state index contributed by atoms with van der Waals surface area (Å²) >= 11 is 5.83. The number of nitrogens with zero attached hydrogens (tertiary/aromatic N) is 2. The van der Waals surface area contributed by atoms with Crippen molar-refractivity contribution >= 4 is 34.9 Å². The summed E-state index contributed by atoms with van der Waals surface area (Å²) in [5.41, 5.74) is -0.392. The van der Waals surface area contributed by atoms with Gasteiger partial charge in [0.15, 0.2) is 0 Å². The van der Waals surface area contributed by atoms with Crippen LogP contribution in [0.5, 0.6) is 0 Å². The molecule has 2 atom stereocenters. The van der Waals surface area contributed by atoms with Gasteiger partial charge in [0.25, 0.3) is 5.91 Å². The molecule has 1 heterocycles. The van der Waals surface area contributed by atoms with Gasteiger partial charge in [-0.15, -0.1) is 0 Å². The summed E-state index contributed by atoms with van der Waals surface area (Å²) in [6.07, 6.45) is 3.47. The number of nitrogens with one attached hydrogen (secondary N) is 3. The van der Waals surface area contributed by atoms with Crippen LogP contribution in [0, 0.1) is 11.7 Å². The van der Waals surface area contributed by atoms with E-state index >= 15 is 0 Å². The zero-order valence-electron chi connectivity index (χ0n) is 16.2. The van der Waals surface area contributed by atoms with E-state index in [1.54, 1.807) is 48.8 Å². The van der Waals surface area contributed by atoms with Crippen LogP contribution in [-0.2, 0) is 4.79 Å². The standard InChI is InChI=1S/C21H19ClFN5O3/c22-14-2-4-15(5-3-14)25-20(31)27-21(11-13(21)12-29)19(30)26-18-7-6-16(10-17(18)23)28-9-1-8-24-28/h1-10,13,29H,11-12H2,(H,26,30)(H2,25,27,31). The topological polar surface area (TPSA) is 108 Å². The lowest BCUT2D eigenvalue weighted by Gasteiger charge is -2.20. The van der Waals surface area contributed by atoms with Crippen molar-refractivity contribution in [1.82, 2.24) is 15.1 Å². The third-order valence-corrected chi connectivity index (χ3v) is 5.39. The van der Waals surface area contributed by atoms with Crippen LogP contribution in [0.3, 0.4) is 0 Å². The van der Waals surface area contributed by atoms with Crippen molar-refractivity contribution in [1.29, 1.82) is 0 Å². The van der Waals surface area contributed by atoms with Crippen molar-refractivity contribution in [2.24, 2.45) is 5.92 Å². The maximum Gasteiger partial charge on any atom is 0.320 e. The summed E-state index contributed by atoms with van der Waals surface area (Å²) in [5.74, 6) is -1.73. The highest BCUT2D eigenvalue weighted by atomic mass is 35.5. The summed E-state index contributed by atoms with van der Waals surface area (Å²) in [6, 6.07) is 11.8. The molecule has 2 unspecified atom stereocenters. The molecular weight excluding hydrogens is 425 g/mol. The largest absolute Gasteiger partial charge is 0.396 e. The Hall–Kier alpha value is -3.43. The number of aliphatic hydroxyl groups is 1. The number of carbonyl (C=O) groups excluding carboxylic acids is 2. The molecule has 2 aromatic carbocycles. The molecule has 4 rings (SSSR count). The number of amides is 3. The first kappa shape index (κ1) is 20.8. The first-order valence-corrected chi connectivity index (χ1v) is 9.86. The molecule has 1 saturated carbocycles. The quantitative estimate of drug-likeness (QED) is 0.469.